The molecule has 1 aliphatic heterocycles. The van der Waals surface area contributed by atoms with Gasteiger partial charge in [-0.15, -0.1) is 0 Å². The van der Waals surface area contributed by atoms with Crippen molar-refractivity contribution in [3.63, 3.8) is 0 Å². The Morgan fingerprint density at radius 2 is 1.81 bits per heavy atom. The van der Waals surface area contributed by atoms with E-state index in [-0.39, 0.29) is 6.04 Å². The van der Waals surface area contributed by atoms with Gasteiger partial charge >= 0.3 is 0 Å². The summed E-state index contributed by atoms with van der Waals surface area (Å²) in [6.45, 7) is 1.40. The summed E-state index contributed by atoms with van der Waals surface area (Å²) in [5, 5.41) is 9.22. The molecule has 1 atom stereocenters. The third-order valence-electron chi connectivity index (χ3n) is 2.96. The molecule has 82 valence electrons. The van der Waals surface area contributed by atoms with E-state index in [1.807, 2.05) is 30.3 Å². The highest BCUT2D eigenvalue weighted by molar-refractivity contribution is 5.79. The standard InChI is InChI=1S/C13H14N2O/c14-10-13(11-4-2-1-3-5-11)15-8-6-12(16)7-9-15/h1-5,13H,6-9H2/t13-/m0/s1. The first kappa shape index (κ1) is 10.8. The molecule has 3 nitrogen and oxygen atoms in total. The molecule has 0 spiro atoms. The van der Waals surface area contributed by atoms with Gasteiger partial charge in [0, 0.05) is 25.9 Å². The summed E-state index contributed by atoms with van der Waals surface area (Å²) in [5.74, 6) is 0.306. The van der Waals surface area contributed by atoms with Crippen LogP contribution in [0.1, 0.15) is 24.4 Å². The Hall–Kier alpha value is -1.66. The second-order valence-electron chi connectivity index (χ2n) is 4.02. The average molecular weight is 214 g/mol. The molecule has 1 saturated heterocycles. The van der Waals surface area contributed by atoms with Gasteiger partial charge in [-0.25, -0.2) is 0 Å². The number of rotatable bonds is 2. The van der Waals surface area contributed by atoms with Crippen molar-refractivity contribution in [2.45, 2.75) is 18.9 Å². The molecule has 0 unspecified atom stereocenters. The minimum Gasteiger partial charge on any atom is -0.300 e. The number of nitriles is 1. The normalized spacial score (nSPS) is 19.1. The fourth-order valence-electron chi connectivity index (χ4n) is 2.03. The molecule has 0 saturated carbocycles. The van der Waals surface area contributed by atoms with Crippen LogP contribution < -0.4 is 0 Å². The quantitative estimate of drug-likeness (QED) is 0.755. The predicted octanol–water partition coefficient (Wildman–Crippen LogP) is 1.92. The highest BCUT2D eigenvalue weighted by Crippen LogP contribution is 2.22. The monoisotopic (exact) mass is 214 g/mol. The van der Waals surface area contributed by atoms with Gasteiger partial charge < -0.3 is 0 Å². The Bertz CT molecular complexity index is 398. The highest BCUT2D eigenvalue weighted by Gasteiger charge is 2.24. The number of carbonyl (C=O) groups is 1. The van der Waals surface area contributed by atoms with E-state index in [0.717, 1.165) is 5.56 Å². The fourth-order valence-corrected chi connectivity index (χ4v) is 2.03. The van der Waals surface area contributed by atoms with Crippen LogP contribution in [0.3, 0.4) is 0 Å². The van der Waals surface area contributed by atoms with Gasteiger partial charge in [0.15, 0.2) is 0 Å². The van der Waals surface area contributed by atoms with E-state index in [4.69, 9.17) is 0 Å². The summed E-state index contributed by atoms with van der Waals surface area (Å²) in [6.07, 6.45) is 1.15. The van der Waals surface area contributed by atoms with Gasteiger partial charge in [0.1, 0.15) is 11.8 Å². The molecule has 16 heavy (non-hydrogen) atoms. The van der Waals surface area contributed by atoms with Gasteiger partial charge in [-0.05, 0) is 5.56 Å². The van der Waals surface area contributed by atoms with Crippen LogP contribution in [0.25, 0.3) is 0 Å². The molecule has 0 radical (unpaired) electrons. The number of nitrogens with zero attached hydrogens (tertiary/aromatic N) is 2. The lowest BCUT2D eigenvalue weighted by molar-refractivity contribution is -0.121. The molecule has 1 aromatic carbocycles. The van der Waals surface area contributed by atoms with E-state index in [1.165, 1.54) is 0 Å². The van der Waals surface area contributed by atoms with Crippen molar-refractivity contribution in [3.05, 3.63) is 35.9 Å². The van der Waals surface area contributed by atoms with Crippen LogP contribution in [0.5, 0.6) is 0 Å². The molecule has 0 aromatic heterocycles. The fraction of sp³-hybridized carbons (Fsp3) is 0.385. The van der Waals surface area contributed by atoms with E-state index < -0.39 is 0 Å². The second-order valence-corrected chi connectivity index (χ2v) is 4.02. The Labute approximate surface area is 95.3 Å². The molecule has 2 rings (SSSR count). The van der Waals surface area contributed by atoms with Crippen molar-refractivity contribution in [2.75, 3.05) is 13.1 Å². The maximum atomic E-state index is 11.1. The lowest BCUT2D eigenvalue weighted by atomic mass is 10.0. The van der Waals surface area contributed by atoms with Gasteiger partial charge in [-0.1, -0.05) is 30.3 Å². The van der Waals surface area contributed by atoms with Gasteiger partial charge in [0.2, 0.25) is 0 Å². The lowest BCUT2D eigenvalue weighted by Gasteiger charge is -2.30. The third kappa shape index (κ3) is 2.29. The molecule has 1 fully saturated rings. The molecular weight excluding hydrogens is 200 g/mol. The van der Waals surface area contributed by atoms with Gasteiger partial charge in [0.25, 0.3) is 0 Å². The molecular formula is C13H14N2O. The van der Waals surface area contributed by atoms with Gasteiger partial charge in [-0.3, -0.25) is 9.69 Å². The molecule has 1 aromatic rings. The topological polar surface area (TPSA) is 44.1 Å². The van der Waals surface area contributed by atoms with Gasteiger partial charge in [-0.2, -0.15) is 5.26 Å². The van der Waals surface area contributed by atoms with E-state index in [1.54, 1.807) is 0 Å². The maximum Gasteiger partial charge on any atom is 0.135 e. The van der Waals surface area contributed by atoms with E-state index in [0.29, 0.717) is 31.7 Å². The van der Waals surface area contributed by atoms with Crippen molar-refractivity contribution >= 4 is 5.78 Å². The van der Waals surface area contributed by atoms with Crippen LogP contribution in [-0.2, 0) is 4.79 Å². The second kappa shape index (κ2) is 4.91. The van der Waals surface area contributed by atoms with Crippen molar-refractivity contribution in [1.29, 1.82) is 5.26 Å². The maximum absolute atomic E-state index is 11.1. The summed E-state index contributed by atoms with van der Waals surface area (Å²) in [5.41, 5.74) is 1.01. The highest BCUT2D eigenvalue weighted by atomic mass is 16.1. The molecule has 0 aliphatic carbocycles. The van der Waals surface area contributed by atoms with Crippen LogP contribution in [0.2, 0.25) is 0 Å². The molecule has 0 amide bonds. The smallest absolute Gasteiger partial charge is 0.135 e. The predicted molar refractivity (Wildman–Crippen MR) is 60.6 cm³/mol. The van der Waals surface area contributed by atoms with E-state index >= 15 is 0 Å². The molecule has 1 aliphatic rings. The Kier molecular flexibility index (Phi) is 3.33. The molecule has 0 bridgehead atoms. The molecule has 0 N–H and O–H groups in total. The summed E-state index contributed by atoms with van der Waals surface area (Å²) in [4.78, 5) is 13.2. The zero-order valence-corrected chi connectivity index (χ0v) is 9.10. The van der Waals surface area contributed by atoms with Crippen molar-refractivity contribution in [3.8, 4) is 6.07 Å². The number of piperidine rings is 1. The summed E-state index contributed by atoms with van der Waals surface area (Å²) < 4.78 is 0. The number of benzene rings is 1. The van der Waals surface area contributed by atoms with Crippen molar-refractivity contribution in [2.24, 2.45) is 0 Å². The van der Waals surface area contributed by atoms with Crippen molar-refractivity contribution < 1.29 is 4.79 Å². The lowest BCUT2D eigenvalue weighted by Crippen LogP contribution is -2.36. The Morgan fingerprint density at radius 3 is 2.38 bits per heavy atom. The van der Waals surface area contributed by atoms with Crippen LogP contribution in [-0.4, -0.2) is 23.8 Å². The largest absolute Gasteiger partial charge is 0.300 e. The first-order valence-electron chi connectivity index (χ1n) is 5.51. The van der Waals surface area contributed by atoms with Crippen LogP contribution >= 0.6 is 0 Å². The zero-order chi connectivity index (χ0) is 11.4. The van der Waals surface area contributed by atoms with Crippen LogP contribution in [0, 0.1) is 11.3 Å². The summed E-state index contributed by atoms with van der Waals surface area (Å²) in [7, 11) is 0. The van der Waals surface area contributed by atoms with Crippen LogP contribution in [0.15, 0.2) is 30.3 Å². The van der Waals surface area contributed by atoms with E-state index in [2.05, 4.69) is 11.0 Å². The SMILES string of the molecule is N#C[C@@H](c1ccccc1)N1CCC(=O)CC1. The van der Waals surface area contributed by atoms with Crippen molar-refractivity contribution in [1.82, 2.24) is 4.90 Å². The number of Topliss-reactive ketones (excluding diaryl/α,β-unsaturated/α-hetero) is 1. The summed E-state index contributed by atoms with van der Waals surface area (Å²) in [6, 6.07) is 11.8. The first-order chi connectivity index (χ1) is 7.81. The number of likely N-dealkylation sites (tertiary alicyclic amines) is 1. The molecule has 3 heteroatoms. The zero-order valence-electron chi connectivity index (χ0n) is 9.10. The molecule has 1 heterocycles. The first-order valence-corrected chi connectivity index (χ1v) is 5.51. The number of hydrogen-bond acceptors (Lipinski definition) is 3. The number of carbonyl (C=O) groups excluding carboxylic acids is 1. The average Bonchev–Trinajstić information content (AvgIpc) is 2.34. The Balaban J connectivity index is 2.12. The summed E-state index contributed by atoms with van der Waals surface area (Å²) >= 11 is 0. The number of ketones is 1. The van der Waals surface area contributed by atoms with E-state index in [9.17, 15) is 10.1 Å². The number of hydrogen-bond donors (Lipinski definition) is 0. The minimum atomic E-state index is -0.214. The van der Waals surface area contributed by atoms with Crippen LogP contribution in [0.4, 0.5) is 0 Å². The Morgan fingerprint density at radius 1 is 1.19 bits per heavy atom. The third-order valence-corrected chi connectivity index (χ3v) is 2.96. The minimum absolute atomic E-state index is 0.214. The van der Waals surface area contributed by atoms with Gasteiger partial charge in [0.05, 0.1) is 6.07 Å².